The summed E-state index contributed by atoms with van der Waals surface area (Å²) in [4.78, 5) is 2.75. The number of hydrogen-bond donors (Lipinski definition) is 4. The lowest BCUT2D eigenvalue weighted by Gasteiger charge is -2.48. The summed E-state index contributed by atoms with van der Waals surface area (Å²) in [6.45, 7) is -0.239. The smallest absolute Gasteiger partial charge is 0.186 e. The zero-order chi connectivity index (χ0) is 18.1. The average molecular weight is 361 g/mol. The van der Waals surface area contributed by atoms with Crippen LogP contribution in [-0.4, -0.2) is 89.9 Å². The van der Waals surface area contributed by atoms with Crippen LogP contribution in [0.4, 0.5) is 0 Å². The van der Waals surface area contributed by atoms with Gasteiger partial charge in [-0.25, -0.2) is 0 Å². The SMILES string of the molecule is COC1C(O)[C@H](O[C@@H]2C3CO[C@H](O)C(N=[N+]=[N-])C2C3)OC(CO)[C@H]1O. The Balaban J connectivity index is 1.73. The summed E-state index contributed by atoms with van der Waals surface area (Å²) in [5.41, 5.74) is 8.69. The van der Waals surface area contributed by atoms with Crippen LogP contribution in [0, 0.1) is 11.8 Å². The molecule has 0 aromatic heterocycles. The third kappa shape index (κ3) is 3.35. The third-order valence-electron chi connectivity index (χ3n) is 5.24. The highest BCUT2D eigenvalue weighted by atomic mass is 16.7. The van der Waals surface area contributed by atoms with Crippen molar-refractivity contribution < 1.29 is 39.4 Å². The van der Waals surface area contributed by atoms with Gasteiger partial charge in [-0.1, -0.05) is 5.11 Å². The van der Waals surface area contributed by atoms with Crippen LogP contribution in [0.2, 0.25) is 0 Å². The molecule has 2 heterocycles. The topological polar surface area (TPSA) is 167 Å². The van der Waals surface area contributed by atoms with Crippen molar-refractivity contribution in [1.82, 2.24) is 0 Å². The Morgan fingerprint density at radius 2 is 2.00 bits per heavy atom. The number of ether oxygens (including phenoxy) is 4. The first-order valence-electron chi connectivity index (χ1n) is 8.16. The summed E-state index contributed by atoms with van der Waals surface area (Å²) < 4.78 is 21.7. The second-order valence-corrected chi connectivity index (χ2v) is 6.59. The summed E-state index contributed by atoms with van der Waals surface area (Å²) in [6.07, 6.45) is -6.57. The van der Waals surface area contributed by atoms with Gasteiger partial charge in [0.05, 0.1) is 25.4 Å². The molecular weight excluding hydrogens is 338 g/mol. The molecule has 2 bridgehead atoms. The van der Waals surface area contributed by atoms with Crippen LogP contribution in [0.15, 0.2) is 5.11 Å². The van der Waals surface area contributed by atoms with E-state index in [0.717, 1.165) is 0 Å². The van der Waals surface area contributed by atoms with Gasteiger partial charge in [0.25, 0.3) is 0 Å². The number of azide groups is 1. The lowest BCUT2D eigenvalue weighted by Crippen LogP contribution is -2.62. The van der Waals surface area contributed by atoms with E-state index in [4.69, 9.17) is 24.5 Å². The van der Waals surface area contributed by atoms with Gasteiger partial charge in [-0.2, -0.15) is 0 Å². The van der Waals surface area contributed by atoms with Crippen LogP contribution in [0.3, 0.4) is 0 Å². The fraction of sp³-hybridized carbons (Fsp3) is 1.00. The van der Waals surface area contributed by atoms with Crippen LogP contribution < -0.4 is 0 Å². The molecule has 3 fully saturated rings. The third-order valence-corrected chi connectivity index (χ3v) is 5.24. The van der Waals surface area contributed by atoms with Crippen LogP contribution in [-0.2, 0) is 18.9 Å². The molecule has 0 spiro atoms. The second kappa shape index (κ2) is 7.70. The molecule has 2 aliphatic heterocycles. The number of hydrogen-bond acceptors (Lipinski definition) is 9. The summed E-state index contributed by atoms with van der Waals surface area (Å²) in [6, 6.07) is -0.799. The molecule has 11 heteroatoms. The number of methoxy groups -OCH3 is 1. The van der Waals surface area contributed by atoms with E-state index in [9.17, 15) is 20.4 Å². The zero-order valence-corrected chi connectivity index (χ0v) is 13.7. The molecule has 3 rings (SSSR count). The van der Waals surface area contributed by atoms with Gasteiger partial charge < -0.3 is 39.4 Å². The first-order valence-corrected chi connectivity index (χ1v) is 8.16. The highest BCUT2D eigenvalue weighted by molar-refractivity contribution is 5.01. The van der Waals surface area contributed by atoms with Crippen molar-refractivity contribution in [3.05, 3.63) is 10.4 Å². The summed E-state index contributed by atoms with van der Waals surface area (Å²) >= 11 is 0. The Bertz CT molecular complexity index is 518. The van der Waals surface area contributed by atoms with Gasteiger partial charge in [0.1, 0.15) is 24.4 Å². The molecule has 25 heavy (non-hydrogen) atoms. The molecular formula is C14H23N3O8. The van der Waals surface area contributed by atoms with E-state index in [1.165, 1.54) is 7.11 Å². The van der Waals surface area contributed by atoms with Crippen LogP contribution in [0.5, 0.6) is 0 Å². The van der Waals surface area contributed by atoms with Gasteiger partial charge in [-0.3, -0.25) is 0 Å². The quantitative estimate of drug-likeness (QED) is 0.260. The number of aliphatic hydroxyl groups is 4. The largest absolute Gasteiger partial charge is 0.394 e. The number of rotatable bonds is 5. The van der Waals surface area contributed by atoms with Crippen LogP contribution >= 0.6 is 0 Å². The van der Waals surface area contributed by atoms with E-state index in [2.05, 4.69) is 10.0 Å². The minimum absolute atomic E-state index is 0.0465. The molecule has 4 N–H and O–H groups in total. The van der Waals surface area contributed by atoms with E-state index in [-0.39, 0.29) is 18.4 Å². The number of fused-ring (bicyclic) bond motifs is 2. The molecule has 1 aliphatic carbocycles. The molecule has 0 aromatic rings. The van der Waals surface area contributed by atoms with Crippen molar-refractivity contribution in [3.8, 4) is 0 Å². The monoisotopic (exact) mass is 361 g/mol. The van der Waals surface area contributed by atoms with E-state index >= 15 is 0 Å². The van der Waals surface area contributed by atoms with E-state index < -0.39 is 55.7 Å². The normalized spacial score (nSPS) is 49.6. The fourth-order valence-electron chi connectivity index (χ4n) is 3.81. The number of aliphatic hydroxyl groups excluding tert-OH is 4. The molecule has 6 unspecified atom stereocenters. The van der Waals surface area contributed by atoms with Gasteiger partial charge in [0, 0.05) is 17.9 Å². The molecule has 10 atom stereocenters. The van der Waals surface area contributed by atoms with Crippen molar-refractivity contribution in [2.24, 2.45) is 17.0 Å². The molecule has 1 saturated carbocycles. The molecule has 0 radical (unpaired) electrons. The average Bonchev–Trinajstić information content (AvgIpc) is 2.82. The lowest BCUT2D eigenvalue weighted by atomic mass is 9.69. The zero-order valence-electron chi connectivity index (χ0n) is 13.7. The van der Waals surface area contributed by atoms with Crippen LogP contribution in [0.25, 0.3) is 10.4 Å². The van der Waals surface area contributed by atoms with Gasteiger partial charge in [0.15, 0.2) is 12.6 Å². The van der Waals surface area contributed by atoms with Crippen molar-refractivity contribution in [3.63, 3.8) is 0 Å². The maximum absolute atomic E-state index is 10.4. The van der Waals surface area contributed by atoms with Gasteiger partial charge in [-0.15, -0.1) is 0 Å². The van der Waals surface area contributed by atoms with Gasteiger partial charge in [0.2, 0.25) is 0 Å². The Hall–Kier alpha value is -1.01. The van der Waals surface area contributed by atoms with Crippen molar-refractivity contribution in [2.45, 2.75) is 55.6 Å². The fourth-order valence-corrected chi connectivity index (χ4v) is 3.81. The van der Waals surface area contributed by atoms with Crippen molar-refractivity contribution in [1.29, 1.82) is 0 Å². The maximum atomic E-state index is 10.4. The van der Waals surface area contributed by atoms with E-state index in [1.54, 1.807) is 0 Å². The van der Waals surface area contributed by atoms with Crippen molar-refractivity contribution in [2.75, 3.05) is 20.3 Å². The summed E-state index contributed by atoms with van der Waals surface area (Å²) in [7, 11) is 1.33. The molecule has 11 nitrogen and oxygen atoms in total. The first kappa shape index (κ1) is 18.8. The van der Waals surface area contributed by atoms with Crippen LogP contribution in [0.1, 0.15) is 6.42 Å². The predicted molar refractivity (Wildman–Crippen MR) is 79.9 cm³/mol. The Labute approximate surface area is 143 Å². The highest BCUT2D eigenvalue weighted by Gasteiger charge is 2.54. The second-order valence-electron chi connectivity index (χ2n) is 6.59. The van der Waals surface area contributed by atoms with Crippen molar-refractivity contribution >= 4 is 0 Å². The Morgan fingerprint density at radius 1 is 1.24 bits per heavy atom. The van der Waals surface area contributed by atoms with E-state index in [0.29, 0.717) is 6.42 Å². The minimum Gasteiger partial charge on any atom is -0.394 e. The van der Waals surface area contributed by atoms with Gasteiger partial charge in [-0.05, 0) is 17.9 Å². The number of nitrogens with zero attached hydrogens (tertiary/aromatic N) is 3. The molecule has 0 amide bonds. The molecule has 142 valence electrons. The Morgan fingerprint density at radius 3 is 2.64 bits per heavy atom. The molecule has 3 aliphatic rings. The lowest BCUT2D eigenvalue weighted by molar-refractivity contribution is -0.330. The predicted octanol–water partition coefficient (Wildman–Crippen LogP) is -1.51. The van der Waals surface area contributed by atoms with E-state index in [1.807, 2.05) is 0 Å². The standard InChI is InChI=1S/C14H23N3O8/c1-22-12-9(19)7(3-18)24-14(10(12)20)25-11-5-2-6(11)8(16-17-15)13(21)23-4-5/h5-14,18-21H,2-4H2,1H3/t5?,6?,7?,8?,9-,10?,11-,12?,13+,14+/m1/s1. The molecule has 2 saturated heterocycles. The summed E-state index contributed by atoms with van der Waals surface area (Å²) in [5.74, 6) is -0.329. The summed E-state index contributed by atoms with van der Waals surface area (Å²) in [5, 5.41) is 43.3. The minimum atomic E-state index is -1.27. The van der Waals surface area contributed by atoms with Gasteiger partial charge >= 0.3 is 0 Å². The highest BCUT2D eigenvalue weighted by Crippen LogP contribution is 2.45. The first-order chi connectivity index (χ1) is 12.0. The Kier molecular flexibility index (Phi) is 5.78. The molecule has 0 aromatic carbocycles. The maximum Gasteiger partial charge on any atom is 0.186 e.